The molecular weight excluding hydrogens is 518 g/mol. The van der Waals surface area contributed by atoms with Crippen LogP contribution in [0.1, 0.15) is 115 Å². The fraction of sp³-hybridized carbons (Fsp3) is 0.588. The summed E-state index contributed by atoms with van der Waals surface area (Å²) in [5.41, 5.74) is 2.10. The Morgan fingerprint density at radius 2 is 1.32 bits per heavy atom. The summed E-state index contributed by atoms with van der Waals surface area (Å²) in [4.78, 5) is 17.2. The van der Waals surface area contributed by atoms with Gasteiger partial charge in [0.25, 0.3) is 5.91 Å². The molecule has 40 heavy (non-hydrogen) atoms. The average Bonchev–Trinajstić information content (AvgIpc) is 3.33. The van der Waals surface area contributed by atoms with E-state index in [0.717, 1.165) is 29.8 Å². The molecule has 0 saturated heterocycles. The second kappa shape index (κ2) is 19.5. The number of carbonyl (C=O) groups is 1. The number of aromatic nitrogens is 2. The molecule has 3 rings (SSSR count). The van der Waals surface area contributed by atoms with Crippen molar-refractivity contribution in [2.75, 3.05) is 6.61 Å². The Morgan fingerprint density at radius 3 is 1.93 bits per heavy atom. The predicted molar refractivity (Wildman–Crippen MR) is 168 cm³/mol. The van der Waals surface area contributed by atoms with Crippen LogP contribution in [-0.2, 0) is 17.9 Å². The third-order valence-corrected chi connectivity index (χ3v) is 7.85. The number of fused-ring (bicyclic) bond motifs is 1. The molecule has 0 saturated carbocycles. The van der Waals surface area contributed by atoms with Gasteiger partial charge in [-0.15, -0.1) is 0 Å². The highest BCUT2D eigenvalue weighted by molar-refractivity contribution is 6.30. The Balaban J connectivity index is 1.28. The van der Waals surface area contributed by atoms with Crippen LogP contribution < -0.4 is 10.1 Å². The highest BCUT2D eigenvalue weighted by atomic mass is 35.5. The van der Waals surface area contributed by atoms with E-state index in [0.29, 0.717) is 17.3 Å². The maximum Gasteiger partial charge on any atom is 0.258 e. The molecule has 220 valence electrons. The molecule has 0 bridgehead atoms. The Kier molecular flexibility index (Phi) is 15.6. The molecule has 1 amide bonds. The van der Waals surface area contributed by atoms with Crippen LogP contribution in [0.3, 0.4) is 0 Å². The number of ether oxygens (including phenoxy) is 1. The van der Waals surface area contributed by atoms with E-state index in [1.165, 1.54) is 96.3 Å². The zero-order valence-electron chi connectivity index (χ0n) is 24.6. The van der Waals surface area contributed by atoms with Gasteiger partial charge < -0.3 is 14.6 Å². The quantitative estimate of drug-likeness (QED) is 0.123. The Bertz CT molecular complexity index is 1100. The first kappa shape index (κ1) is 32.0. The lowest BCUT2D eigenvalue weighted by molar-refractivity contribution is -0.123. The molecule has 1 N–H and O–H groups in total. The lowest BCUT2D eigenvalue weighted by Crippen LogP contribution is -2.29. The number of carbonyl (C=O) groups excluding carboxylic acids is 1. The van der Waals surface area contributed by atoms with Gasteiger partial charge in [-0.25, -0.2) is 4.98 Å². The van der Waals surface area contributed by atoms with Crippen molar-refractivity contribution in [1.82, 2.24) is 14.9 Å². The number of para-hydroxylation sites is 2. The van der Waals surface area contributed by atoms with Crippen LogP contribution >= 0.6 is 11.6 Å². The van der Waals surface area contributed by atoms with Gasteiger partial charge in [-0.1, -0.05) is 127 Å². The van der Waals surface area contributed by atoms with E-state index in [-0.39, 0.29) is 12.5 Å². The number of halogens is 1. The minimum Gasteiger partial charge on any atom is -0.484 e. The minimum atomic E-state index is -0.170. The summed E-state index contributed by atoms with van der Waals surface area (Å²) < 4.78 is 7.83. The number of imidazole rings is 1. The highest BCUT2D eigenvalue weighted by Gasteiger charge is 2.12. The summed E-state index contributed by atoms with van der Waals surface area (Å²) in [7, 11) is 0. The van der Waals surface area contributed by atoms with E-state index < -0.39 is 0 Å². The minimum absolute atomic E-state index is 0.0407. The zero-order valence-corrected chi connectivity index (χ0v) is 25.4. The first-order valence-electron chi connectivity index (χ1n) is 15.8. The van der Waals surface area contributed by atoms with Crippen LogP contribution in [-0.4, -0.2) is 22.1 Å². The van der Waals surface area contributed by atoms with E-state index in [4.69, 9.17) is 21.3 Å². The van der Waals surface area contributed by atoms with Crippen molar-refractivity contribution in [1.29, 1.82) is 0 Å². The number of nitrogens with zero attached hydrogens (tertiary/aromatic N) is 2. The Labute approximate surface area is 247 Å². The van der Waals surface area contributed by atoms with E-state index in [1.807, 2.05) is 12.1 Å². The third-order valence-electron chi connectivity index (χ3n) is 7.60. The second-order valence-corrected chi connectivity index (χ2v) is 11.4. The maximum atomic E-state index is 12.4. The van der Waals surface area contributed by atoms with Gasteiger partial charge in [0.15, 0.2) is 6.61 Å². The van der Waals surface area contributed by atoms with E-state index >= 15 is 0 Å². The van der Waals surface area contributed by atoms with E-state index in [9.17, 15) is 4.79 Å². The van der Waals surface area contributed by atoms with Crippen LogP contribution in [0.15, 0.2) is 48.5 Å². The van der Waals surface area contributed by atoms with E-state index in [1.54, 1.807) is 24.3 Å². The van der Waals surface area contributed by atoms with Crippen LogP contribution in [0.2, 0.25) is 5.02 Å². The molecule has 6 heteroatoms. The van der Waals surface area contributed by atoms with Gasteiger partial charge in [0.05, 0.1) is 17.6 Å². The largest absolute Gasteiger partial charge is 0.484 e. The standard InChI is InChI=1S/C34H50ClN3O2/c1-2-3-4-5-6-7-8-9-10-11-12-13-14-15-16-19-26-38-32-21-18-17-20-31(32)37-33(38)27-36-34(39)28-40-30-24-22-29(35)23-25-30/h17-18,20-25H,2-16,19,26-28H2,1H3,(H,36,39). The summed E-state index contributed by atoms with van der Waals surface area (Å²) in [5.74, 6) is 1.34. The first-order chi connectivity index (χ1) is 19.7. The molecule has 1 aromatic heterocycles. The maximum absolute atomic E-state index is 12.4. The monoisotopic (exact) mass is 567 g/mol. The molecule has 0 radical (unpaired) electrons. The van der Waals surface area contributed by atoms with Gasteiger partial charge in [0, 0.05) is 11.6 Å². The van der Waals surface area contributed by atoms with Crippen molar-refractivity contribution in [3.8, 4) is 5.75 Å². The topological polar surface area (TPSA) is 56.2 Å². The number of nitrogens with one attached hydrogen (secondary N) is 1. The third kappa shape index (κ3) is 12.3. The first-order valence-corrected chi connectivity index (χ1v) is 16.1. The molecule has 0 aliphatic heterocycles. The van der Waals surface area contributed by atoms with E-state index in [2.05, 4.69) is 28.9 Å². The van der Waals surface area contributed by atoms with Crippen LogP contribution in [0.4, 0.5) is 0 Å². The summed E-state index contributed by atoms with van der Waals surface area (Å²) >= 11 is 5.91. The van der Waals surface area contributed by atoms with Gasteiger partial charge in [-0.2, -0.15) is 0 Å². The number of aryl methyl sites for hydroxylation is 1. The van der Waals surface area contributed by atoms with Gasteiger partial charge >= 0.3 is 0 Å². The lowest BCUT2D eigenvalue weighted by Gasteiger charge is -2.11. The smallest absolute Gasteiger partial charge is 0.258 e. The van der Waals surface area contributed by atoms with Crippen LogP contribution in [0.25, 0.3) is 11.0 Å². The molecule has 2 aromatic carbocycles. The number of rotatable bonds is 22. The summed E-state index contributed by atoms with van der Waals surface area (Å²) in [6.45, 7) is 3.55. The van der Waals surface area contributed by atoms with Gasteiger partial charge in [0.2, 0.25) is 0 Å². The van der Waals surface area contributed by atoms with Crippen molar-refractivity contribution >= 4 is 28.5 Å². The molecule has 3 aromatic rings. The summed E-state index contributed by atoms with van der Waals surface area (Å²) in [6.07, 6.45) is 21.9. The molecular formula is C34H50ClN3O2. The predicted octanol–water partition coefficient (Wildman–Crippen LogP) is 9.65. The normalized spacial score (nSPS) is 11.2. The Hall–Kier alpha value is -2.53. The van der Waals surface area contributed by atoms with Crippen LogP contribution in [0.5, 0.6) is 5.75 Å². The molecule has 0 aliphatic rings. The van der Waals surface area contributed by atoms with Crippen molar-refractivity contribution < 1.29 is 9.53 Å². The fourth-order valence-electron chi connectivity index (χ4n) is 5.24. The molecule has 0 spiro atoms. The average molecular weight is 568 g/mol. The number of hydrogen-bond donors (Lipinski definition) is 1. The summed E-state index contributed by atoms with van der Waals surface area (Å²) in [5, 5.41) is 3.60. The van der Waals surface area contributed by atoms with Crippen molar-refractivity contribution in [3.63, 3.8) is 0 Å². The lowest BCUT2D eigenvalue weighted by atomic mass is 10.0. The fourth-order valence-corrected chi connectivity index (χ4v) is 5.36. The number of benzene rings is 2. The Morgan fingerprint density at radius 1 is 0.775 bits per heavy atom. The van der Waals surface area contributed by atoms with Crippen molar-refractivity contribution in [2.45, 2.75) is 123 Å². The molecule has 0 fully saturated rings. The zero-order chi connectivity index (χ0) is 28.3. The van der Waals surface area contributed by atoms with Crippen molar-refractivity contribution in [3.05, 3.63) is 59.4 Å². The molecule has 1 heterocycles. The van der Waals surface area contributed by atoms with Gasteiger partial charge in [0.1, 0.15) is 11.6 Å². The number of unbranched alkanes of at least 4 members (excludes halogenated alkanes) is 15. The molecule has 5 nitrogen and oxygen atoms in total. The number of amides is 1. The molecule has 0 atom stereocenters. The van der Waals surface area contributed by atoms with Crippen molar-refractivity contribution in [2.24, 2.45) is 0 Å². The highest BCUT2D eigenvalue weighted by Crippen LogP contribution is 2.19. The molecule has 0 unspecified atom stereocenters. The number of hydrogen-bond acceptors (Lipinski definition) is 3. The molecule has 0 aliphatic carbocycles. The van der Waals surface area contributed by atoms with Crippen LogP contribution in [0, 0.1) is 0 Å². The summed E-state index contributed by atoms with van der Waals surface area (Å²) in [6, 6.07) is 15.2. The second-order valence-electron chi connectivity index (χ2n) is 11.0. The SMILES string of the molecule is CCCCCCCCCCCCCCCCCCn1c(CNC(=O)COc2ccc(Cl)cc2)nc2ccccc21. The van der Waals surface area contributed by atoms with Gasteiger partial charge in [-0.05, 0) is 42.8 Å². The van der Waals surface area contributed by atoms with Gasteiger partial charge in [-0.3, -0.25) is 4.79 Å².